The predicted octanol–water partition coefficient (Wildman–Crippen LogP) is 1.97. The number of aromatic nitrogens is 1. The molecule has 1 fully saturated rings. The molecule has 1 aliphatic rings. The normalized spacial score (nSPS) is 21.1. The lowest BCUT2D eigenvalue weighted by Gasteiger charge is -2.26. The van der Waals surface area contributed by atoms with Gasteiger partial charge in [0.2, 0.25) is 11.8 Å². The van der Waals surface area contributed by atoms with Gasteiger partial charge in [0, 0.05) is 24.0 Å². The summed E-state index contributed by atoms with van der Waals surface area (Å²) in [5, 5.41) is 3.81. The highest BCUT2D eigenvalue weighted by Crippen LogP contribution is 2.19. The molecule has 0 saturated carbocycles. The average molecular weight is 309 g/mol. The molecular weight excluding hydrogens is 286 g/mol. The molecule has 116 valence electrons. The van der Waals surface area contributed by atoms with Crippen LogP contribution >= 0.6 is 11.3 Å². The summed E-state index contributed by atoms with van der Waals surface area (Å²) in [5.74, 6) is 0.123. The zero-order valence-corrected chi connectivity index (χ0v) is 13.7. The van der Waals surface area contributed by atoms with Crippen molar-refractivity contribution < 1.29 is 9.59 Å². The standard InChI is InChI=1S/C15H23N3O2S/c1-4-10(3)14-15(20)18(7-6-12(19)17-14)9-13-16-8-11(5-2)21-13/h8,10,14H,4-7,9H2,1-3H3,(H,17,19). The second kappa shape index (κ2) is 7.02. The lowest BCUT2D eigenvalue weighted by Crippen LogP contribution is -2.48. The molecule has 1 N–H and O–H groups in total. The molecular formula is C15H23N3O2S. The van der Waals surface area contributed by atoms with Gasteiger partial charge in [-0.25, -0.2) is 4.98 Å². The van der Waals surface area contributed by atoms with E-state index >= 15 is 0 Å². The van der Waals surface area contributed by atoms with Crippen LogP contribution in [0.3, 0.4) is 0 Å². The topological polar surface area (TPSA) is 62.3 Å². The van der Waals surface area contributed by atoms with Crippen molar-refractivity contribution in [2.75, 3.05) is 6.54 Å². The zero-order chi connectivity index (χ0) is 15.4. The molecule has 1 saturated heterocycles. The second-order valence-corrected chi connectivity index (χ2v) is 6.71. The molecule has 21 heavy (non-hydrogen) atoms. The van der Waals surface area contributed by atoms with E-state index in [9.17, 15) is 9.59 Å². The van der Waals surface area contributed by atoms with E-state index in [2.05, 4.69) is 17.2 Å². The third-order valence-electron chi connectivity index (χ3n) is 3.99. The SMILES string of the molecule is CCc1cnc(CN2CCC(=O)NC(C(C)CC)C2=O)s1. The van der Waals surface area contributed by atoms with E-state index in [1.54, 1.807) is 16.2 Å². The van der Waals surface area contributed by atoms with Gasteiger partial charge >= 0.3 is 0 Å². The van der Waals surface area contributed by atoms with Crippen molar-refractivity contribution in [3.05, 3.63) is 16.1 Å². The molecule has 2 heterocycles. The molecule has 1 aromatic rings. The summed E-state index contributed by atoms with van der Waals surface area (Å²) in [6.45, 7) is 7.11. The number of nitrogens with one attached hydrogen (secondary N) is 1. The van der Waals surface area contributed by atoms with Crippen LogP contribution in [0.4, 0.5) is 0 Å². The van der Waals surface area contributed by atoms with Crippen molar-refractivity contribution in [1.82, 2.24) is 15.2 Å². The Morgan fingerprint density at radius 3 is 2.86 bits per heavy atom. The minimum absolute atomic E-state index is 0.0171. The number of nitrogens with zero attached hydrogens (tertiary/aromatic N) is 2. The Hall–Kier alpha value is -1.43. The van der Waals surface area contributed by atoms with Gasteiger partial charge in [-0.1, -0.05) is 27.2 Å². The van der Waals surface area contributed by atoms with E-state index in [4.69, 9.17) is 0 Å². The maximum absolute atomic E-state index is 12.7. The fourth-order valence-corrected chi connectivity index (χ4v) is 3.26. The summed E-state index contributed by atoms with van der Waals surface area (Å²) >= 11 is 1.64. The van der Waals surface area contributed by atoms with Crippen molar-refractivity contribution in [1.29, 1.82) is 0 Å². The number of thiazole rings is 1. The number of carbonyl (C=O) groups excluding carboxylic acids is 2. The molecule has 0 radical (unpaired) electrons. The van der Waals surface area contributed by atoms with Gasteiger partial charge < -0.3 is 10.2 Å². The van der Waals surface area contributed by atoms with E-state index in [0.717, 1.165) is 17.8 Å². The minimum atomic E-state index is -0.407. The second-order valence-electron chi connectivity index (χ2n) is 5.51. The summed E-state index contributed by atoms with van der Waals surface area (Å²) in [7, 11) is 0. The minimum Gasteiger partial charge on any atom is -0.344 e. The van der Waals surface area contributed by atoms with Gasteiger partial charge in [-0.05, 0) is 12.3 Å². The van der Waals surface area contributed by atoms with Crippen LogP contribution in [-0.2, 0) is 22.6 Å². The van der Waals surface area contributed by atoms with Crippen LogP contribution in [-0.4, -0.2) is 34.3 Å². The molecule has 5 nitrogen and oxygen atoms in total. The molecule has 0 aromatic carbocycles. The third-order valence-corrected chi connectivity index (χ3v) is 5.12. The maximum Gasteiger partial charge on any atom is 0.245 e. The van der Waals surface area contributed by atoms with Gasteiger partial charge in [-0.15, -0.1) is 11.3 Å². The van der Waals surface area contributed by atoms with Gasteiger partial charge in [0.05, 0.1) is 6.54 Å². The van der Waals surface area contributed by atoms with Crippen molar-refractivity contribution in [2.45, 2.75) is 52.6 Å². The molecule has 2 unspecified atom stereocenters. The average Bonchev–Trinajstić information content (AvgIpc) is 2.89. The van der Waals surface area contributed by atoms with E-state index in [-0.39, 0.29) is 17.7 Å². The first-order chi connectivity index (χ1) is 10.0. The first kappa shape index (κ1) is 15.9. The van der Waals surface area contributed by atoms with Crippen LogP contribution in [0, 0.1) is 5.92 Å². The molecule has 1 aromatic heterocycles. The molecule has 0 aliphatic carbocycles. The summed E-state index contributed by atoms with van der Waals surface area (Å²) in [6.07, 6.45) is 4.06. The Labute approximate surface area is 129 Å². The highest BCUT2D eigenvalue weighted by molar-refractivity contribution is 7.11. The summed E-state index contributed by atoms with van der Waals surface area (Å²) < 4.78 is 0. The Balaban J connectivity index is 2.13. The molecule has 0 bridgehead atoms. The smallest absolute Gasteiger partial charge is 0.245 e. The Morgan fingerprint density at radius 2 is 2.24 bits per heavy atom. The van der Waals surface area contributed by atoms with E-state index < -0.39 is 6.04 Å². The van der Waals surface area contributed by atoms with Crippen LogP contribution < -0.4 is 5.32 Å². The van der Waals surface area contributed by atoms with Crippen molar-refractivity contribution in [2.24, 2.45) is 5.92 Å². The predicted molar refractivity (Wildman–Crippen MR) is 82.9 cm³/mol. The van der Waals surface area contributed by atoms with Gasteiger partial charge in [-0.3, -0.25) is 9.59 Å². The zero-order valence-electron chi connectivity index (χ0n) is 12.9. The third kappa shape index (κ3) is 3.81. The quantitative estimate of drug-likeness (QED) is 0.904. The molecule has 2 amide bonds. The van der Waals surface area contributed by atoms with Gasteiger partial charge in [-0.2, -0.15) is 0 Å². The summed E-state index contributed by atoms with van der Waals surface area (Å²) in [5.41, 5.74) is 0. The number of aryl methyl sites for hydroxylation is 1. The van der Waals surface area contributed by atoms with E-state index in [1.807, 2.05) is 20.0 Å². The fourth-order valence-electron chi connectivity index (χ4n) is 2.38. The molecule has 2 atom stereocenters. The largest absolute Gasteiger partial charge is 0.344 e. The van der Waals surface area contributed by atoms with Gasteiger partial charge in [0.1, 0.15) is 11.0 Å². The molecule has 0 spiro atoms. The number of hydrogen-bond donors (Lipinski definition) is 1. The molecule has 6 heteroatoms. The lowest BCUT2D eigenvalue weighted by molar-refractivity contribution is -0.135. The first-order valence-electron chi connectivity index (χ1n) is 7.56. The molecule has 1 aliphatic heterocycles. The molecule has 2 rings (SSSR count). The number of amides is 2. The Bertz CT molecular complexity index is 515. The Kier molecular flexibility index (Phi) is 5.33. The lowest BCUT2D eigenvalue weighted by atomic mass is 9.98. The van der Waals surface area contributed by atoms with Crippen molar-refractivity contribution >= 4 is 23.2 Å². The summed E-state index contributed by atoms with van der Waals surface area (Å²) in [6, 6.07) is -0.407. The highest BCUT2D eigenvalue weighted by Gasteiger charge is 2.33. The summed E-state index contributed by atoms with van der Waals surface area (Å²) in [4.78, 5) is 31.8. The first-order valence-corrected chi connectivity index (χ1v) is 8.38. The number of rotatable bonds is 5. The van der Waals surface area contributed by atoms with Gasteiger partial charge in [0.25, 0.3) is 0 Å². The highest BCUT2D eigenvalue weighted by atomic mass is 32.1. The van der Waals surface area contributed by atoms with Crippen LogP contribution in [0.1, 0.15) is 43.5 Å². The van der Waals surface area contributed by atoms with Crippen molar-refractivity contribution in [3.63, 3.8) is 0 Å². The van der Waals surface area contributed by atoms with Crippen molar-refractivity contribution in [3.8, 4) is 0 Å². The van der Waals surface area contributed by atoms with E-state index in [1.165, 1.54) is 4.88 Å². The van der Waals surface area contributed by atoms with Crippen LogP contribution in [0.5, 0.6) is 0 Å². The van der Waals surface area contributed by atoms with Crippen LogP contribution in [0.25, 0.3) is 0 Å². The fraction of sp³-hybridized carbons (Fsp3) is 0.667. The van der Waals surface area contributed by atoms with Crippen LogP contribution in [0.15, 0.2) is 6.20 Å². The number of hydrogen-bond acceptors (Lipinski definition) is 4. The van der Waals surface area contributed by atoms with E-state index in [0.29, 0.717) is 19.5 Å². The maximum atomic E-state index is 12.7. The van der Waals surface area contributed by atoms with Gasteiger partial charge in [0.15, 0.2) is 0 Å². The Morgan fingerprint density at radius 1 is 1.48 bits per heavy atom. The monoisotopic (exact) mass is 309 g/mol. The number of carbonyl (C=O) groups is 2. The van der Waals surface area contributed by atoms with Crippen LogP contribution in [0.2, 0.25) is 0 Å².